The molecule has 6 nitrogen and oxygen atoms in total. The Morgan fingerprint density at radius 1 is 1.08 bits per heavy atom. The molecule has 0 radical (unpaired) electrons. The van der Waals surface area contributed by atoms with Crippen LogP contribution in [0.1, 0.15) is 21.6 Å². The third-order valence-corrected chi connectivity index (χ3v) is 4.14. The smallest absolute Gasteiger partial charge is 0.274 e. The van der Waals surface area contributed by atoms with Crippen molar-refractivity contribution in [2.75, 3.05) is 43.4 Å². The fraction of sp³-hybridized carbons (Fsp3) is 0.389. The van der Waals surface area contributed by atoms with E-state index in [1.54, 1.807) is 12.3 Å². The molecule has 1 saturated heterocycles. The number of amides is 1. The van der Waals surface area contributed by atoms with Gasteiger partial charge < -0.3 is 15.1 Å². The fourth-order valence-corrected chi connectivity index (χ4v) is 2.88. The minimum atomic E-state index is -0.210. The summed E-state index contributed by atoms with van der Waals surface area (Å²) in [5.41, 5.74) is 3.41. The van der Waals surface area contributed by atoms with Gasteiger partial charge in [-0.25, -0.2) is 9.97 Å². The molecule has 126 valence electrons. The number of nitrogens with zero attached hydrogens (tertiary/aromatic N) is 4. The van der Waals surface area contributed by atoms with Crippen LogP contribution < -0.4 is 10.2 Å². The Morgan fingerprint density at radius 2 is 1.75 bits per heavy atom. The molecule has 1 amide bonds. The predicted molar refractivity (Wildman–Crippen MR) is 95.6 cm³/mol. The molecule has 0 bridgehead atoms. The highest BCUT2D eigenvalue weighted by Gasteiger charge is 2.18. The molecule has 1 aromatic carbocycles. The summed E-state index contributed by atoms with van der Waals surface area (Å²) in [6.45, 7) is 7.72. The fourth-order valence-electron chi connectivity index (χ4n) is 2.88. The Hall–Kier alpha value is -2.47. The topological polar surface area (TPSA) is 61.4 Å². The number of carbonyl (C=O) groups excluding carboxylic acids is 1. The number of benzene rings is 1. The SMILES string of the molecule is Cc1cc(C)cc(NC(=O)c2ccnc(N3CCN(C)CC3)n2)c1. The van der Waals surface area contributed by atoms with Gasteiger partial charge in [0.1, 0.15) is 5.69 Å². The van der Waals surface area contributed by atoms with Crippen LogP contribution in [0.2, 0.25) is 0 Å². The molecule has 0 saturated carbocycles. The number of hydrogen-bond donors (Lipinski definition) is 1. The molecule has 0 aliphatic carbocycles. The van der Waals surface area contributed by atoms with E-state index in [1.165, 1.54) is 0 Å². The van der Waals surface area contributed by atoms with Crippen molar-refractivity contribution in [3.05, 3.63) is 47.3 Å². The van der Waals surface area contributed by atoms with E-state index in [0.717, 1.165) is 43.0 Å². The molecule has 24 heavy (non-hydrogen) atoms. The average Bonchev–Trinajstić information content (AvgIpc) is 2.54. The van der Waals surface area contributed by atoms with Gasteiger partial charge in [0.25, 0.3) is 5.91 Å². The Bertz CT molecular complexity index is 718. The first-order valence-electron chi connectivity index (χ1n) is 8.17. The summed E-state index contributed by atoms with van der Waals surface area (Å²) in [6.07, 6.45) is 1.65. The second kappa shape index (κ2) is 6.97. The van der Waals surface area contributed by atoms with Crippen LogP contribution in [0.5, 0.6) is 0 Å². The molecule has 0 atom stereocenters. The molecule has 1 aromatic heterocycles. The largest absolute Gasteiger partial charge is 0.338 e. The number of nitrogens with one attached hydrogen (secondary N) is 1. The van der Waals surface area contributed by atoms with Gasteiger partial charge >= 0.3 is 0 Å². The van der Waals surface area contributed by atoms with E-state index in [2.05, 4.69) is 38.2 Å². The van der Waals surface area contributed by atoms with Gasteiger partial charge in [-0.1, -0.05) is 6.07 Å². The Labute approximate surface area is 142 Å². The van der Waals surface area contributed by atoms with Crippen LogP contribution in [-0.2, 0) is 0 Å². The van der Waals surface area contributed by atoms with E-state index >= 15 is 0 Å². The highest BCUT2D eigenvalue weighted by Crippen LogP contribution is 2.16. The summed E-state index contributed by atoms with van der Waals surface area (Å²) in [6, 6.07) is 7.63. The lowest BCUT2D eigenvalue weighted by molar-refractivity contribution is 0.102. The lowest BCUT2D eigenvalue weighted by Crippen LogP contribution is -2.45. The third kappa shape index (κ3) is 3.89. The summed E-state index contributed by atoms with van der Waals surface area (Å²) in [5, 5.41) is 2.92. The first-order valence-corrected chi connectivity index (χ1v) is 8.17. The molecule has 2 heterocycles. The van der Waals surface area contributed by atoms with Crippen molar-refractivity contribution in [3.63, 3.8) is 0 Å². The number of rotatable bonds is 3. The summed E-state index contributed by atoms with van der Waals surface area (Å²) >= 11 is 0. The lowest BCUT2D eigenvalue weighted by atomic mass is 10.1. The Balaban J connectivity index is 1.74. The second-order valence-corrected chi connectivity index (χ2v) is 6.36. The van der Waals surface area contributed by atoms with Crippen molar-refractivity contribution in [1.82, 2.24) is 14.9 Å². The maximum atomic E-state index is 12.5. The molecule has 3 rings (SSSR count). The summed E-state index contributed by atoms with van der Waals surface area (Å²) in [5.74, 6) is 0.411. The van der Waals surface area contributed by atoms with Crippen LogP contribution in [0.25, 0.3) is 0 Å². The number of anilines is 2. The molecular formula is C18H23N5O. The van der Waals surface area contributed by atoms with Crippen LogP contribution in [-0.4, -0.2) is 54.0 Å². The summed E-state index contributed by atoms with van der Waals surface area (Å²) in [4.78, 5) is 25.7. The van der Waals surface area contributed by atoms with E-state index in [-0.39, 0.29) is 5.91 Å². The number of carbonyl (C=O) groups is 1. The van der Waals surface area contributed by atoms with Gasteiger partial charge in [0.15, 0.2) is 0 Å². The van der Waals surface area contributed by atoms with Gasteiger partial charge in [-0.15, -0.1) is 0 Å². The standard InChI is InChI=1S/C18H23N5O/c1-13-10-14(2)12-15(11-13)20-17(24)16-4-5-19-18(21-16)23-8-6-22(3)7-9-23/h4-5,10-12H,6-9H2,1-3H3,(H,20,24). The van der Waals surface area contributed by atoms with Crippen LogP contribution in [0, 0.1) is 13.8 Å². The molecular weight excluding hydrogens is 302 g/mol. The van der Waals surface area contributed by atoms with E-state index in [1.807, 2.05) is 26.0 Å². The molecule has 2 aromatic rings. The molecule has 6 heteroatoms. The number of aromatic nitrogens is 2. The molecule has 1 aliphatic heterocycles. The zero-order valence-electron chi connectivity index (χ0n) is 14.4. The van der Waals surface area contributed by atoms with Crippen LogP contribution in [0.3, 0.4) is 0 Å². The zero-order valence-corrected chi connectivity index (χ0v) is 14.4. The van der Waals surface area contributed by atoms with E-state index < -0.39 is 0 Å². The van der Waals surface area contributed by atoms with Crippen LogP contribution in [0.4, 0.5) is 11.6 Å². The Kier molecular flexibility index (Phi) is 4.76. The van der Waals surface area contributed by atoms with Gasteiger partial charge in [-0.2, -0.15) is 0 Å². The molecule has 1 aliphatic rings. The minimum absolute atomic E-state index is 0.210. The summed E-state index contributed by atoms with van der Waals surface area (Å²) < 4.78 is 0. The second-order valence-electron chi connectivity index (χ2n) is 6.36. The highest BCUT2D eigenvalue weighted by atomic mass is 16.1. The van der Waals surface area contributed by atoms with Crippen molar-refractivity contribution in [2.24, 2.45) is 0 Å². The lowest BCUT2D eigenvalue weighted by Gasteiger charge is -2.32. The Morgan fingerprint density at radius 3 is 2.42 bits per heavy atom. The van der Waals surface area contributed by atoms with Gasteiger partial charge in [0.05, 0.1) is 0 Å². The van der Waals surface area contributed by atoms with Crippen molar-refractivity contribution in [1.29, 1.82) is 0 Å². The number of piperazine rings is 1. The monoisotopic (exact) mass is 325 g/mol. The quantitative estimate of drug-likeness (QED) is 0.936. The number of aryl methyl sites for hydroxylation is 2. The van der Waals surface area contributed by atoms with Crippen molar-refractivity contribution < 1.29 is 4.79 Å². The molecule has 1 N–H and O–H groups in total. The maximum absolute atomic E-state index is 12.5. The summed E-state index contributed by atoms with van der Waals surface area (Å²) in [7, 11) is 2.10. The molecule has 0 unspecified atom stereocenters. The van der Waals surface area contributed by atoms with Crippen molar-refractivity contribution in [3.8, 4) is 0 Å². The minimum Gasteiger partial charge on any atom is -0.338 e. The zero-order chi connectivity index (χ0) is 17.1. The average molecular weight is 325 g/mol. The number of likely N-dealkylation sites (N-methyl/N-ethyl adjacent to an activating group) is 1. The van der Waals surface area contributed by atoms with Gasteiger partial charge in [-0.05, 0) is 50.2 Å². The van der Waals surface area contributed by atoms with E-state index in [0.29, 0.717) is 11.6 Å². The normalized spacial score (nSPS) is 15.4. The van der Waals surface area contributed by atoms with Gasteiger partial charge in [0, 0.05) is 38.1 Å². The van der Waals surface area contributed by atoms with Crippen LogP contribution in [0.15, 0.2) is 30.5 Å². The van der Waals surface area contributed by atoms with Crippen molar-refractivity contribution in [2.45, 2.75) is 13.8 Å². The van der Waals surface area contributed by atoms with E-state index in [4.69, 9.17) is 0 Å². The predicted octanol–water partition coefficient (Wildman–Crippen LogP) is 2.10. The highest BCUT2D eigenvalue weighted by molar-refractivity contribution is 6.03. The maximum Gasteiger partial charge on any atom is 0.274 e. The van der Waals surface area contributed by atoms with Gasteiger partial charge in [-0.3, -0.25) is 4.79 Å². The van der Waals surface area contributed by atoms with Crippen molar-refractivity contribution >= 4 is 17.5 Å². The first kappa shape index (κ1) is 16.4. The number of hydrogen-bond acceptors (Lipinski definition) is 5. The van der Waals surface area contributed by atoms with Gasteiger partial charge in [0.2, 0.25) is 5.95 Å². The third-order valence-electron chi connectivity index (χ3n) is 4.14. The van der Waals surface area contributed by atoms with E-state index in [9.17, 15) is 4.79 Å². The molecule has 0 spiro atoms. The van der Waals surface area contributed by atoms with Crippen LogP contribution >= 0.6 is 0 Å². The first-order chi connectivity index (χ1) is 11.5. The molecule has 1 fully saturated rings.